The summed E-state index contributed by atoms with van der Waals surface area (Å²) >= 11 is 0. The van der Waals surface area contributed by atoms with Gasteiger partial charge in [0, 0.05) is 31.7 Å². The van der Waals surface area contributed by atoms with Crippen molar-refractivity contribution in [2.45, 2.75) is 25.9 Å². The first kappa shape index (κ1) is 16.4. The normalized spacial score (nSPS) is 17.0. The predicted molar refractivity (Wildman–Crippen MR) is 91.6 cm³/mol. The summed E-state index contributed by atoms with van der Waals surface area (Å²) in [6.07, 6.45) is 3.65. The van der Waals surface area contributed by atoms with Gasteiger partial charge < -0.3 is 15.0 Å². The predicted octanol–water partition coefficient (Wildman–Crippen LogP) is 2.20. The van der Waals surface area contributed by atoms with E-state index >= 15 is 0 Å². The molecule has 2 amide bonds. The lowest BCUT2D eigenvalue weighted by atomic mass is 10.2. The zero-order valence-electron chi connectivity index (χ0n) is 13.7. The number of fused-ring (bicyclic) bond motifs is 1. The molecule has 3 rings (SSSR count). The maximum absolute atomic E-state index is 12.4. The first-order chi connectivity index (χ1) is 11.6. The fourth-order valence-corrected chi connectivity index (χ4v) is 2.91. The average molecular weight is 327 g/mol. The van der Waals surface area contributed by atoms with Gasteiger partial charge in [0.25, 0.3) is 0 Å². The molecule has 1 fully saturated rings. The number of hydrogen-bond donors (Lipinski definition) is 1. The third kappa shape index (κ3) is 3.89. The Morgan fingerprint density at radius 2 is 2.17 bits per heavy atom. The van der Waals surface area contributed by atoms with Crippen molar-refractivity contribution < 1.29 is 14.3 Å². The first-order valence-electron chi connectivity index (χ1n) is 8.14. The fourth-order valence-electron chi connectivity index (χ4n) is 2.91. The molecule has 1 N–H and O–H groups in total. The number of ether oxygens (including phenoxy) is 1. The molecule has 6 heteroatoms. The van der Waals surface area contributed by atoms with E-state index in [-0.39, 0.29) is 24.5 Å². The van der Waals surface area contributed by atoms with Crippen molar-refractivity contribution in [3.8, 4) is 0 Å². The fraction of sp³-hybridized carbons (Fsp3) is 0.389. The summed E-state index contributed by atoms with van der Waals surface area (Å²) in [7, 11) is 0. The quantitative estimate of drug-likeness (QED) is 0.914. The van der Waals surface area contributed by atoms with E-state index in [1.165, 1.54) is 11.8 Å². The molecule has 1 atom stereocenters. The van der Waals surface area contributed by atoms with Gasteiger partial charge in [-0.25, -0.2) is 0 Å². The third-order valence-electron chi connectivity index (χ3n) is 4.13. The molecule has 1 saturated heterocycles. The number of hydrogen-bond acceptors (Lipinski definition) is 4. The van der Waals surface area contributed by atoms with Gasteiger partial charge >= 0.3 is 0 Å². The summed E-state index contributed by atoms with van der Waals surface area (Å²) in [6, 6.07) is 9.42. The van der Waals surface area contributed by atoms with Crippen LogP contribution in [0.15, 0.2) is 36.5 Å². The number of nitrogens with zero attached hydrogens (tertiary/aromatic N) is 2. The summed E-state index contributed by atoms with van der Waals surface area (Å²) in [6.45, 7) is 2.67. The topological polar surface area (TPSA) is 71.5 Å². The average Bonchev–Trinajstić information content (AvgIpc) is 3.07. The van der Waals surface area contributed by atoms with Gasteiger partial charge in [-0.15, -0.1) is 0 Å². The third-order valence-corrected chi connectivity index (χ3v) is 4.13. The first-order valence-corrected chi connectivity index (χ1v) is 8.14. The van der Waals surface area contributed by atoms with E-state index < -0.39 is 0 Å². The van der Waals surface area contributed by atoms with E-state index in [2.05, 4.69) is 10.3 Å². The monoisotopic (exact) mass is 327 g/mol. The number of rotatable bonds is 5. The van der Waals surface area contributed by atoms with Gasteiger partial charge in [0.1, 0.15) is 0 Å². The van der Waals surface area contributed by atoms with Crippen molar-refractivity contribution in [2.24, 2.45) is 0 Å². The highest BCUT2D eigenvalue weighted by atomic mass is 16.5. The molecule has 0 spiro atoms. The second-order valence-corrected chi connectivity index (χ2v) is 5.96. The van der Waals surface area contributed by atoms with Gasteiger partial charge in [0.2, 0.25) is 11.8 Å². The Morgan fingerprint density at radius 1 is 1.33 bits per heavy atom. The Labute approximate surface area is 140 Å². The summed E-state index contributed by atoms with van der Waals surface area (Å²) in [5, 5.41) is 3.82. The van der Waals surface area contributed by atoms with Crippen molar-refractivity contribution in [1.82, 2.24) is 9.88 Å². The van der Waals surface area contributed by atoms with Crippen molar-refractivity contribution in [3.63, 3.8) is 0 Å². The molecule has 1 aromatic carbocycles. The summed E-state index contributed by atoms with van der Waals surface area (Å²) in [4.78, 5) is 30.0. The van der Waals surface area contributed by atoms with E-state index in [0.717, 1.165) is 30.4 Å². The second kappa shape index (κ2) is 7.40. The van der Waals surface area contributed by atoms with Crippen LogP contribution in [-0.4, -0.2) is 47.5 Å². The molecule has 1 aromatic heterocycles. The zero-order valence-corrected chi connectivity index (χ0v) is 13.7. The van der Waals surface area contributed by atoms with Crippen molar-refractivity contribution in [2.75, 3.05) is 25.0 Å². The van der Waals surface area contributed by atoms with E-state index in [4.69, 9.17) is 4.74 Å². The minimum Gasteiger partial charge on any atom is -0.376 e. The van der Waals surface area contributed by atoms with Crippen LogP contribution in [0.3, 0.4) is 0 Å². The van der Waals surface area contributed by atoms with E-state index in [9.17, 15) is 9.59 Å². The number of benzene rings is 1. The molecular weight excluding hydrogens is 306 g/mol. The van der Waals surface area contributed by atoms with E-state index in [1.807, 2.05) is 30.3 Å². The maximum Gasteiger partial charge on any atom is 0.244 e. The van der Waals surface area contributed by atoms with Crippen molar-refractivity contribution >= 4 is 28.4 Å². The highest BCUT2D eigenvalue weighted by Crippen LogP contribution is 2.20. The standard InChI is InChI=1S/C18H21N3O3/c1-13(22)21(11-15-7-4-10-24-15)12-17(23)20-16-8-2-5-14-6-3-9-19-18(14)16/h2-3,5-6,8-9,15H,4,7,10-12H2,1H3,(H,20,23). The van der Waals surface area contributed by atoms with Gasteiger partial charge in [-0.2, -0.15) is 0 Å². The minimum atomic E-state index is -0.235. The Bertz CT molecular complexity index is 736. The number of amides is 2. The molecule has 24 heavy (non-hydrogen) atoms. The molecule has 126 valence electrons. The van der Waals surface area contributed by atoms with Gasteiger partial charge in [0.15, 0.2) is 0 Å². The molecule has 0 saturated carbocycles. The summed E-state index contributed by atoms with van der Waals surface area (Å²) in [5.74, 6) is -0.363. The molecule has 0 aliphatic carbocycles. The van der Waals surface area contributed by atoms with Gasteiger partial charge in [-0.3, -0.25) is 14.6 Å². The summed E-state index contributed by atoms with van der Waals surface area (Å²) < 4.78 is 5.56. The van der Waals surface area contributed by atoms with Gasteiger partial charge in [-0.05, 0) is 25.0 Å². The number of pyridine rings is 1. The van der Waals surface area contributed by atoms with Crippen LogP contribution in [0.1, 0.15) is 19.8 Å². The van der Waals surface area contributed by atoms with Crippen LogP contribution < -0.4 is 5.32 Å². The largest absolute Gasteiger partial charge is 0.376 e. The Morgan fingerprint density at radius 3 is 2.92 bits per heavy atom. The van der Waals surface area contributed by atoms with Crippen LogP contribution in [-0.2, 0) is 14.3 Å². The Hall–Kier alpha value is -2.47. The van der Waals surface area contributed by atoms with Crippen LogP contribution in [0, 0.1) is 0 Å². The number of carbonyl (C=O) groups excluding carboxylic acids is 2. The van der Waals surface area contributed by atoms with Gasteiger partial charge in [0.05, 0.1) is 23.9 Å². The lowest BCUT2D eigenvalue weighted by molar-refractivity contribution is -0.134. The second-order valence-electron chi connectivity index (χ2n) is 5.96. The number of para-hydroxylation sites is 1. The number of carbonyl (C=O) groups is 2. The molecule has 1 aliphatic heterocycles. The highest BCUT2D eigenvalue weighted by Gasteiger charge is 2.22. The molecule has 1 aliphatic rings. The SMILES string of the molecule is CC(=O)N(CC(=O)Nc1cccc2cccnc12)CC1CCCO1. The maximum atomic E-state index is 12.4. The number of nitrogens with one attached hydrogen (secondary N) is 1. The Balaban J connectivity index is 1.67. The van der Waals surface area contributed by atoms with Gasteiger partial charge in [-0.1, -0.05) is 18.2 Å². The molecule has 0 bridgehead atoms. The van der Waals surface area contributed by atoms with E-state index in [0.29, 0.717) is 12.2 Å². The number of aromatic nitrogens is 1. The van der Waals surface area contributed by atoms with Crippen LogP contribution in [0.25, 0.3) is 10.9 Å². The Kier molecular flexibility index (Phi) is 5.05. The smallest absolute Gasteiger partial charge is 0.244 e. The zero-order chi connectivity index (χ0) is 16.9. The molecule has 2 aromatic rings. The molecule has 2 heterocycles. The van der Waals surface area contributed by atoms with E-state index in [1.54, 1.807) is 6.20 Å². The lowest BCUT2D eigenvalue weighted by Gasteiger charge is -2.23. The van der Waals surface area contributed by atoms with Crippen LogP contribution in [0.4, 0.5) is 5.69 Å². The van der Waals surface area contributed by atoms with Crippen LogP contribution >= 0.6 is 0 Å². The number of anilines is 1. The van der Waals surface area contributed by atoms with Crippen molar-refractivity contribution in [1.29, 1.82) is 0 Å². The molecule has 1 unspecified atom stereocenters. The van der Waals surface area contributed by atoms with Crippen molar-refractivity contribution in [3.05, 3.63) is 36.5 Å². The summed E-state index contributed by atoms with van der Waals surface area (Å²) in [5.41, 5.74) is 1.39. The molecule has 6 nitrogen and oxygen atoms in total. The van der Waals surface area contributed by atoms with Crippen LogP contribution in [0.2, 0.25) is 0 Å². The molecule has 0 radical (unpaired) electrons. The molecular formula is C18H21N3O3. The highest BCUT2D eigenvalue weighted by molar-refractivity contribution is 6.01. The van der Waals surface area contributed by atoms with Crippen LogP contribution in [0.5, 0.6) is 0 Å². The minimum absolute atomic E-state index is 0.0123. The lowest BCUT2D eigenvalue weighted by Crippen LogP contribution is -2.41.